The standard InChI is InChI=1S/C24H20ClN3O2/c1-15(17-8-10-18(25)11-9-17)23(29)27-21-6-3-5-20-19(21)12-14-28(24(20)30)22-7-4-13-26-16(22)2/h3-15H,1-2H3,(H,27,29)/t15-/m1/s1. The zero-order chi connectivity index (χ0) is 21.3. The largest absolute Gasteiger partial charge is 0.325 e. The number of fused-ring (bicyclic) bond motifs is 1. The summed E-state index contributed by atoms with van der Waals surface area (Å²) in [6, 6.07) is 18.0. The van der Waals surface area contributed by atoms with E-state index >= 15 is 0 Å². The van der Waals surface area contributed by atoms with Gasteiger partial charge in [-0.3, -0.25) is 19.1 Å². The molecule has 5 nitrogen and oxygen atoms in total. The maximum Gasteiger partial charge on any atom is 0.263 e. The summed E-state index contributed by atoms with van der Waals surface area (Å²) >= 11 is 5.94. The second-order valence-corrected chi connectivity index (χ2v) is 7.56. The van der Waals surface area contributed by atoms with Crippen molar-refractivity contribution in [2.24, 2.45) is 0 Å². The number of nitrogens with zero attached hydrogens (tertiary/aromatic N) is 2. The number of hydrogen-bond acceptors (Lipinski definition) is 3. The van der Waals surface area contributed by atoms with Gasteiger partial charge in [0.15, 0.2) is 0 Å². The molecule has 0 spiro atoms. The van der Waals surface area contributed by atoms with Crippen molar-refractivity contribution in [1.82, 2.24) is 9.55 Å². The number of carbonyl (C=O) groups is 1. The van der Waals surface area contributed by atoms with Crippen LogP contribution >= 0.6 is 11.6 Å². The molecule has 30 heavy (non-hydrogen) atoms. The molecule has 0 saturated carbocycles. The third-order valence-electron chi connectivity index (χ3n) is 5.21. The van der Waals surface area contributed by atoms with Gasteiger partial charge < -0.3 is 5.32 Å². The Labute approximate surface area is 179 Å². The van der Waals surface area contributed by atoms with Gasteiger partial charge in [-0.2, -0.15) is 0 Å². The molecular formula is C24H20ClN3O2. The second kappa shape index (κ2) is 8.13. The normalized spacial score (nSPS) is 12.0. The van der Waals surface area contributed by atoms with Crippen LogP contribution in [-0.2, 0) is 4.79 Å². The number of hydrogen-bond donors (Lipinski definition) is 1. The van der Waals surface area contributed by atoms with E-state index in [0.29, 0.717) is 21.5 Å². The van der Waals surface area contributed by atoms with Gasteiger partial charge in [0, 0.05) is 33.9 Å². The Morgan fingerprint density at radius 3 is 2.53 bits per heavy atom. The summed E-state index contributed by atoms with van der Waals surface area (Å²) < 4.78 is 1.58. The number of aromatic nitrogens is 2. The van der Waals surface area contributed by atoms with Crippen LogP contribution < -0.4 is 10.9 Å². The summed E-state index contributed by atoms with van der Waals surface area (Å²) in [5, 5.41) is 4.81. The molecule has 2 heterocycles. The number of amides is 1. The highest BCUT2D eigenvalue weighted by molar-refractivity contribution is 6.30. The fraction of sp³-hybridized carbons (Fsp3) is 0.125. The van der Waals surface area contributed by atoms with Gasteiger partial charge in [-0.1, -0.05) is 29.8 Å². The van der Waals surface area contributed by atoms with Crippen molar-refractivity contribution < 1.29 is 4.79 Å². The van der Waals surface area contributed by atoms with Crippen LogP contribution in [0.4, 0.5) is 5.69 Å². The van der Waals surface area contributed by atoms with Crippen LogP contribution in [0, 0.1) is 6.92 Å². The Hall–Kier alpha value is -3.44. The first-order valence-electron chi connectivity index (χ1n) is 9.58. The molecule has 2 aromatic carbocycles. The zero-order valence-corrected chi connectivity index (χ0v) is 17.4. The van der Waals surface area contributed by atoms with Crippen LogP contribution in [0.15, 0.2) is 77.9 Å². The molecule has 4 rings (SSSR count). The molecule has 0 fully saturated rings. The first-order chi connectivity index (χ1) is 14.5. The summed E-state index contributed by atoms with van der Waals surface area (Å²) in [6.45, 7) is 3.70. The smallest absolute Gasteiger partial charge is 0.263 e. The SMILES string of the molecule is Cc1ncccc1-n1ccc2c(NC(=O)[C@H](C)c3ccc(Cl)cc3)cccc2c1=O. The summed E-state index contributed by atoms with van der Waals surface area (Å²) in [4.78, 5) is 30.2. The van der Waals surface area contributed by atoms with Crippen molar-refractivity contribution in [2.75, 3.05) is 5.32 Å². The molecule has 1 N–H and O–H groups in total. The third-order valence-corrected chi connectivity index (χ3v) is 5.46. The Bertz CT molecular complexity index is 1300. The molecule has 6 heteroatoms. The van der Waals surface area contributed by atoms with E-state index in [1.54, 1.807) is 53.4 Å². The fourth-order valence-electron chi connectivity index (χ4n) is 3.45. The lowest BCUT2D eigenvalue weighted by Crippen LogP contribution is -2.21. The fourth-order valence-corrected chi connectivity index (χ4v) is 3.58. The van der Waals surface area contributed by atoms with Crippen molar-refractivity contribution in [3.05, 3.63) is 99.7 Å². The lowest BCUT2D eigenvalue weighted by atomic mass is 10.00. The molecule has 150 valence electrons. The number of anilines is 1. The third kappa shape index (κ3) is 3.72. The molecule has 0 aliphatic heterocycles. The lowest BCUT2D eigenvalue weighted by Gasteiger charge is -2.15. The van der Waals surface area contributed by atoms with E-state index in [1.807, 2.05) is 38.1 Å². The van der Waals surface area contributed by atoms with E-state index in [-0.39, 0.29) is 17.4 Å². The van der Waals surface area contributed by atoms with Crippen molar-refractivity contribution in [2.45, 2.75) is 19.8 Å². The van der Waals surface area contributed by atoms with Gasteiger partial charge in [0.2, 0.25) is 5.91 Å². The Balaban J connectivity index is 1.70. The topological polar surface area (TPSA) is 64.0 Å². The summed E-state index contributed by atoms with van der Waals surface area (Å²) in [6.07, 6.45) is 3.41. The van der Waals surface area contributed by atoms with E-state index in [4.69, 9.17) is 11.6 Å². The Morgan fingerprint density at radius 1 is 1.03 bits per heavy atom. The molecule has 4 aromatic rings. The number of carbonyl (C=O) groups excluding carboxylic acids is 1. The van der Waals surface area contributed by atoms with Crippen LogP contribution in [0.2, 0.25) is 5.02 Å². The van der Waals surface area contributed by atoms with Crippen LogP contribution in [0.5, 0.6) is 0 Å². The number of aryl methyl sites for hydroxylation is 1. The minimum atomic E-state index is -0.365. The Kier molecular flexibility index (Phi) is 5.38. The minimum absolute atomic E-state index is 0.155. The van der Waals surface area contributed by atoms with Gasteiger partial charge >= 0.3 is 0 Å². The summed E-state index contributed by atoms with van der Waals surface area (Å²) in [5.41, 5.74) is 2.80. The van der Waals surface area contributed by atoms with E-state index in [1.165, 1.54) is 0 Å². The first-order valence-corrected chi connectivity index (χ1v) is 9.96. The van der Waals surface area contributed by atoms with Crippen molar-refractivity contribution >= 4 is 34.0 Å². The predicted molar refractivity (Wildman–Crippen MR) is 121 cm³/mol. The van der Waals surface area contributed by atoms with Gasteiger partial charge in [0.05, 0.1) is 17.3 Å². The number of benzene rings is 2. The molecule has 0 aliphatic carbocycles. The average Bonchev–Trinajstić information content (AvgIpc) is 2.75. The molecular weight excluding hydrogens is 398 g/mol. The highest BCUT2D eigenvalue weighted by Gasteiger charge is 2.17. The first kappa shape index (κ1) is 19.9. The van der Waals surface area contributed by atoms with Gasteiger partial charge in [0.1, 0.15) is 0 Å². The second-order valence-electron chi connectivity index (χ2n) is 7.13. The van der Waals surface area contributed by atoms with Gasteiger partial charge in [-0.15, -0.1) is 0 Å². The Morgan fingerprint density at radius 2 is 1.80 bits per heavy atom. The average molecular weight is 418 g/mol. The van der Waals surface area contributed by atoms with E-state index in [2.05, 4.69) is 10.3 Å². The molecule has 1 amide bonds. The van der Waals surface area contributed by atoms with Gasteiger partial charge in [0.25, 0.3) is 5.56 Å². The molecule has 0 radical (unpaired) electrons. The molecule has 1 atom stereocenters. The van der Waals surface area contributed by atoms with E-state index in [0.717, 1.165) is 16.9 Å². The van der Waals surface area contributed by atoms with E-state index < -0.39 is 0 Å². The number of halogens is 1. The quantitative estimate of drug-likeness (QED) is 0.503. The molecule has 0 aliphatic rings. The van der Waals surface area contributed by atoms with Crippen LogP contribution in [-0.4, -0.2) is 15.5 Å². The maximum atomic E-state index is 13.1. The molecule has 0 bridgehead atoms. The monoisotopic (exact) mass is 417 g/mol. The number of pyridine rings is 2. The van der Waals surface area contributed by atoms with Crippen molar-refractivity contribution in [3.63, 3.8) is 0 Å². The van der Waals surface area contributed by atoms with Gasteiger partial charge in [-0.25, -0.2) is 0 Å². The van der Waals surface area contributed by atoms with E-state index in [9.17, 15) is 9.59 Å². The molecule has 0 saturated heterocycles. The van der Waals surface area contributed by atoms with Crippen molar-refractivity contribution in [1.29, 1.82) is 0 Å². The lowest BCUT2D eigenvalue weighted by molar-refractivity contribution is -0.117. The predicted octanol–water partition coefficient (Wildman–Crippen LogP) is 5.09. The van der Waals surface area contributed by atoms with Gasteiger partial charge in [-0.05, 0) is 61.9 Å². The van der Waals surface area contributed by atoms with Crippen LogP contribution in [0.3, 0.4) is 0 Å². The summed E-state index contributed by atoms with van der Waals surface area (Å²) in [5.74, 6) is -0.520. The minimum Gasteiger partial charge on any atom is -0.325 e. The molecule has 0 unspecified atom stereocenters. The van der Waals surface area contributed by atoms with Crippen molar-refractivity contribution in [3.8, 4) is 5.69 Å². The summed E-state index contributed by atoms with van der Waals surface area (Å²) in [7, 11) is 0. The van der Waals surface area contributed by atoms with Crippen LogP contribution in [0.1, 0.15) is 24.1 Å². The zero-order valence-electron chi connectivity index (χ0n) is 16.6. The number of nitrogens with one attached hydrogen (secondary N) is 1. The maximum absolute atomic E-state index is 13.1. The highest BCUT2D eigenvalue weighted by atomic mass is 35.5. The highest BCUT2D eigenvalue weighted by Crippen LogP contribution is 2.25. The molecule has 2 aromatic heterocycles. The number of rotatable bonds is 4. The van der Waals surface area contributed by atoms with Crippen LogP contribution in [0.25, 0.3) is 16.5 Å².